The fourth-order valence-electron chi connectivity index (χ4n) is 1.37. The van der Waals surface area contributed by atoms with Gasteiger partial charge in [-0.3, -0.25) is 4.79 Å². The number of carbonyl (C=O) groups is 2. The number of benzene rings is 1. The van der Waals surface area contributed by atoms with Crippen LogP contribution < -0.4 is 10.5 Å². The summed E-state index contributed by atoms with van der Waals surface area (Å²) in [5.74, 6) is -0.0762. The van der Waals surface area contributed by atoms with E-state index in [1.165, 1.54) is 0 Å². The molecule has 0 aliphatic heterocycles. The van der Waals surface area contributed by atoms with Crippen molar-refractivity contribution in [1.82, 2.24) is 0 Å². The van der Waals surface area contributed by atoms with Gasteiger partial charge in [0.1, 0.15) is 11.4 Å². The van der Waals surface area contributed by atoms with Crippen molar-refractivity contribution in [3.63, 3.8) is 0 Å². The Morgan fingerprint density at radius 1 is 1.15 bits per heavy atom. The lowest BCUT2D eigenvalue weighted by Gasteiger charge is -2.19. The smallest absolute Gasteiger partial charge is 0.344 e. The summed E-state index contributed by atoms with van der Waals surface area (Å²) < 4.78 is 10.4. The number of esters is 1. The van der Waals surface area contributed by atoms with Crippen LogP contribution in [0.5, 0.6) is 5.75 Å². The maximum absolute atomic E-state index is 11.4. The number of ketones is 1. The first-order valence-electron chi connectivity index (χ1n) is 6.00. The summed E-state index contributed by atoms with van der Waals surface area (Å²) in [7, 11) is 0. The number of hydrogen-bond acceptors (Lipinski definition) is 5. The molecule has 0 aliphatic rings. The highest BCUT2D eigenvalue weighted by Crippen LogP contribution is 2.13. The van der Waals surface area contributed by atoms with Gasteiger partial charge in [0.2, 0.25) is 0 Å². The van der Waals surface area contributed by atoms with Crippen molar-refractivity contribution in [1.29, 1.82) is 0 Å². The standard InChI is InChI=1S/C14H19NO4.ClH/c1-14(2,3)19-13(17)9-18-11-6-4-10(5-7-11)12(16)8-15;/h4-7H,8-9,15H2,1-3H3;1H. The average molecular weight is 302 g/mol. The van der Waals surface area contributed by atoms with E-state index in [-0.39, 0.29) is 31.3 Å². The van der Waals surface area contributed by atoms with Crippen molar-refractivity contribution >= 4 is 24.2 Å². The van der Waals surface area contributed by atoms with Crippen LogP contribution in [0.3, 0.4) is 0 Å². The molecule has 0 atom stereocenters. The number of carbonyl (C=O) groups excluding carboxylic acids is 2. The van der Waals surface area contributed by atoms with Crippen molar-refractivity contribution in [2.75, 3.05) is 13.2 Å². The molecule has 6 heteroatoms. The quantitative estimate of drug-likeness (QED) is 0.664. The van der Waals surface area contributed by atoms with Crippen LogP contribution in [-0.4, -0.2) is 30.5 Å². The second-order valence-electron chi connectivity index (χ2n) is 5.03. The van der Waals surface area contributed by atoms with Crippen molar-refractivity contribution < 1.29 is 19.1 Å². The molecule has 1 rings (SSSR count). The molecule has 0 bridgehead atoms. The van der Waals surface area contributed by atoms with Gasteiger partial charge in [-0.2, -0.15) is 0 Å². The minimum absolute atomic E-state index is 0. The third kappa shape index (κ3) is 6.54. The molecule has 20 heavy (non-hydrogen) atoms. The molecule has 0 heterocycles. The molecule has 0 aliphatic carbocycles. The highest BCUT2D eigenvalue weighted by molar-refractivity contribution is 5.97. The van der Waals surface area contributed by atoms with E-state index in [9.17, 15) is 9.59 Å². The molecule has 5 nitrogen and oxygen atoms in total. The molecular weight excluding hydrogens is 282 g/mol. The van der Waals surface area contributed by atoms with Gasteiger partial charge < -0.3 is 15.2 Å². The molecule has 1 aromatic rings. The van der Waals surface area contributed by atoms with Gasteiger partial charge in [-0.1, -0.05) is 0 Å². The summed E-state index contributed by atoms with van der Waals surface area (Å²) in [6.45, 7) is 5.17. The van der Waals surface area contributed by atoms with Crippen LogP contribution in [0.25, 0.3) is 0 Å². The predicted molar refractivity (Wildman–Crippen MR) is 78.4 cm³/mol. The molecular formula is C14H20ClNO4. The maximum Gasteiger partial charge on any atom is 0.344 e. The molecule has 0 fully saturated rings. The number of ether oxygens (including phenoxy) is 2. The first-order valence-corrected chi connectivity index (χ1v) is 6.00. The van der Waals surface area contributed by atoms with E-state index < -0.39 is 11.6 Å². The molecule has 0 radical (unpaired) electrons. The van der Waals surface area contributed by atoms with Crippen molar-refractivity contribution in [2.24, 2.45) is 5.73 Å². The largest absolute Gasteiger partial charge is 0.482 e. The second kappa shape index (κ2) is 7.87. The number of rotatable bonds is 5. The zero-order valence-electron chi connectivity index (χ0n) is 11.8. The van der Waals surface area contributed by atoms with E-state index in [2.05, 4.69) is 0 Å². The predicted octanol–water partition coefficient (Wildman–Crippen LogP) is 1.97. The number of halogens is 1. The van der Waals surface area contributed by atoms with E-state index in [0.29, 0.717) is 11.3 Å². The molecule has 0 unspecified atom stereocenters. The number of hydrogen-bond donors (Lipinski definition) is 1. The van der Waals surface area contributed by atoms with Gasteiger partial charge >= 0.3 is 5.97 Å². The van der Waals surface area contributed by atoms with Crippen LogP contribution in [0.15, 0.2) is 24.3 Å². The monoisotopic (exact) mass is 301 g/mol. The van der Waals surface area contributed by atoms with Gasteiger partial charge in [-0.15, -0.1) is 12.4 Å². The average Bonchev–Trinajstić information content (AvgIpc) is 2.34. The van der Waals surface area contributed by atoms with E-state index in [4.69, 9.17) is 15.2 Å². The van der Waals surface area contributed by atoms with Crippen LogP contribution in [0.1, 0.15) is 31.1 Å². The molecule has 0 saturated heterocycles. The normalized spacial score (nSPS) is 10.4. The van der Waals surface area contributed by atoms with Crippen LogP contribution >= 0.6 is 12.4 Å². The van der Waals surface area contributed by atoms with E-state index in [1.807, 2.05) is 0 Å². The van der Waals surface area contributed by atoms with Gasteiger partial charge in [0.15, 0.2) is 12.4 Å². The molecule has 2 N–H and O–H groups in total. The van der Waals surface area contributed by atoms with Crippen molar-refractivity contribution in [3.05, 3.63) is 29.8 Å². The van der Waals surface area contributed by atoms with Gasteiger partial charge in [0.25, 0.3) is 0 Å². The van der Waals surface area contributed by atoms with Crippen molar-refractivity contribution in [3.8, 4) is 5.75 Å². The number of nitrogens with two attached hydrogens (primary N) is 1. The van der Waals surface area contributed by atoms with E-state index >= 15 is 0 Å². The Morgan fingerprint density at radius 2 is 1.70 bits per heavy atom. The third-order valence-electron chi connectivity index (χ3n) is 2.14. The van der Waals surface area contributed by atoms with Crippen LogP contribution in [0.2, 0.25) is 0 Å². The SMILES string of the molecule is CC(C)(C)OC(=O)COc1ccc(C(=O)CN)cc1.Cl. The molecule has 0 amide bonds. The van der Waals surface area contributed by atoms with Gasteiger partial charge in [0.05, 0.1) is 6.54 Å². The van der Waals surface area contributed by atoms with Gasteiger partial charge in [0, 0.05) is 5.56 Å². The third-order valence-corrected chi connectivity index (χ3v) is 2.14. The Labute approximate surface area is 124 Å². The summed E-state index contributed by atoms with van der Waals surface area (Å²) in [5.41, 5.74) is 5.25. The lowest BCUT2D eigenvalue weighted by Crippen LogP contribution is -2.27. The molecule has 112 valence electrons. The molecule has 0 saturated carbocycles. The Morgan fingerprint density at radius 3 is 2.15 bits per heavy atom. The molecule has 0 aromatic heterocycles. The Balaban J connectivity index is 0.00000361. The summed E-state index contributed by atoms with van der Waals surface area (Å²) in [6, 6.07) is 6.46. The van der Waals surface area contributed by atoms with Crippen molar-refractivity contribution in [2.45, 2.75) is 26.4 Å². The zero-order chi connectivity index (χ0) is 14.5. The highest BCUT2D eigenvalue weighted by atomic mass is 35.5. The lowest BCUT2D eigenvalue weighted by molar-refractivity contribution is -0.157. The van der Waals surface area contributed by atoms with Crippen LogP contribution in [0, 0.1) is 0 Å². The Kier molecular flexibility index (Phi) is 7.24. The Bertz CT molecular complexity index is 451. The van der Waals surface area contributed by atoms with Gasteiger partial charge in [-0.25, -0.2) is 4.79 Å². The fourth-order valence-corrected chi connectivity index (χ4v) is 1.37. The topological polar surface area (TPSA) is 78.6 Å². The summed E-state index contributed by atoms with van der Waals surface area (Å²) >= 11 is 0. The zero-order valence-corrected chi connectivity index (χ0v) is 12.7. The summed E-state index contributed by atoms with van der Waals surface area (Å²) in [4.78, 5) is 22.7. The van der Waals surface area contributed by atoms with E-state index in [0.717, 1.165) is 0 Å². The molecule has 0 spiro atoms. The van der Waals surface area contributed by atoms with Crippen LogP contribution in [0.4, 0.5) is 0 Å². The minimum Gasteiger partial charge on any atom is -0.482 e. The van der Waals surface area contributed by atoms with E-state index in [1.54, 1.807) is 45.0 Å². The Hall–Kier alpha value is -1.59. The summed E-state index contributed by atoms with van der Waals surface area (Å²) in [5, 5.41) is 0. The lowest BCUT2D eigenvalue weighted by atomic mass is 10.1. The first kappa shape index (κ1) is 18.4. The van der Waals surface area contributed by atoms with Gasteiger partial charge in [-0.05, 0) is 45.0 Å². The first-order chi connectivity index (χ1) is 8.81. The maximum atomic E-state index is 11.4. The fraction of sp³-hybridized carbons (Fsp3) is 0.429. The highest BCUT2D eigenvalue weighted by Gasteiger charge is 2.16. The second-order valence-corrected chi connectivity index (χ2v) is 5.03. The summed E-state index contributed by atoms with van der Waals surface area (Å²) in [6.07, 6.45) is 0. The molecule has 1 aromatic carbocycles. The van der Waals surface area contributed by atoms with Crippen LogP contribution in [-0.2, 0) is 9.53 Å². The minimum atomic E-state index is -0.530. The number of Topliss-reactive ketones (excluding diaryl/α,β-unsaturated/α-hetero) is 1.